The molecule has 0 aromatic heterocycles. The van der Waals surface area contributed by atoms with Crippen molar-refractivity contribution in [2.75, 3.05) is 52.4 Å². The summed E-state index contributed by atoms with van der Waals surface area (Å²) in [6.07, 6.45) is 19.2. The van der Waals surface area contributed by atoms with Crippen LogP contribution in [0, 0.1) is 0 Å². The zero-order chi connectivity index (χ0) is 22.6. The second-order valence-electron chi connectivity index (χ2n) is 9.34. The molecule has 0 saturated carbocycles. The maximum atomic E-state index is 11.7. The average molecular weight is 468 g/mol. The summed E-state index contributed by atoms with van der Waals surface area (Å²) in [5.74, 6) is 1.77. The van der Waals surface area contributed by atoms with E-state index in [1.165, 1.54) is 89.9 Å². The van der Waals surface area contributed by atoms with Crippen molar-refractivity contribution < 1.29 is 23.0 Å². The summed E-state index contributed by atoms with van der Waals surface area (Å²) < 4.78 is 22.1. The van der Waals surface area contributed by atoms with Crippen molar-refractivity contribution in [3.8, 4) is 0 Å². The van der Waals surface area contributed by atoms with Crippen LogP contribution >= 0.6 is 19.6 Å². The lowest BCUT2D eigenvalue weighted by atomic mass is 10.0. The van der Waals surface area contributed by atoms with Gasteiger partial charge in [0, 0.05) is 5.75 Å². The number of phosphoric acid groups is 1. The topological polar surface area (TPSA) is 58.6 Å². The summed E-state index contributed by atoms with van der Waals surface area (Å²) in [7, 11) is 1.84. The van der Waals surface area contributed by atoms with Crippen LogP contribution in [0.2, 0.25) is 0 Å². The van der Waals surface area contributed by atoms with E-state index < -0.39 is 7.82 Å². The number of unbranched alkanes of at least 4 members (excludes halogenated alkanes) is 13. The first-order chi connectivity index (χ1) is 14.3. The lowest BCUT2D eigenvalue weighted by Gasteiger charge is -2.27. The Morgan fingerprint density at radius 3 is 1.60 bits per heavy atom. The number of hydrogen-bond acceptors (Lipinski definition) is 5. The summed E-state index contributed by atoms with van der Waals surface area (Å²) in [6.45, 7) is 3.27. The lowest BCUT2D eigenvalue weighted by Crippen LogP contribution is -2.37. The van der Waals surface area contributed by atoms with Gasteiger partial charge in [0.1, 0.15) is 13.2 Å². The molecule has 182 valence electrons. The lowest BCUT2D eigenvalue weighted by molar-refractivity contribution is -0.870. The number of nitrogens with zero attached hydrogens (tertiary/aromatic N) is 1. The van der Waals surface area contributed by atoms with Gasteiger partial charge in [-0.2, -0.15) is 11.8 Å². The predicted octanol–water partition coefficient (Wildman–Crippen LogP) is 6.41. The Labute approximate surface area is 191 Å². The molecule has 0 spiro atoms. The molecule has 5 nitrogen and oxygen atoms in total. The Balaban J connectivity index is 3.26. The molecule has 7 heteroatoms. The van der Waals surface area contributed by atoms with Gasteiger partial charge in [-0.25, -0.2) is 0 Å². The molecule has 0 radical (unpaired) electrons. The van der Waals surface area contributed by atoms with E-state index >= 15 is 0 Å². The second kappa shape index (κ2) is 20.1. The van der Waals surface area contributed by atoms with Crippen LogP contribution in [-0.2, 0) is 13.6 Å². The summed E-state index contributed by atoms with van der Waals surface area (Å²) >= 11 is 1.76. The fourth-order valence-corrected chi connectivity index (χ4v) is 4.80. The normalized spacial score (nSPS) is 14.2. The van der Waals surface area contributed by atoms with Crippen LogP contribution in [0.5, 0.6) is 0 Å². The monoisotopic (exact) mass is 467 g/mol. The molecule has 1 atom stereocenters. The van der Waals surface area contributed by atoms with Gasteiger partial charge in [0.2, 0.25) is 0 Å². The van der Waals surface area contributed by atoms with Gasteiger partial charge in [0.05, 0.1) is 27.7 Å². The Kier molecular flexibility index (Phi) is 20.3. The number of thioether (sulfide) groups is 1. The van der Waals surface area contributed by atoms with Crippen LogP contribution in [-0.4, -0.2) is 56.9 Å². The number of hydrogen-bond donors (Lipinski definition) is 0. The van der Waals surface area contributed by atoms with E-state index in [2.05, 4.69) is 6.92 Å². The Morgan fingerprint density at radius 2 is 1.13 bits per heavy atom. The van der Waals surface area contributed by atoms with E-state index in [4.69, 9.17) is 9.05 Å². The molecule has 0 bridgehead atoms. The maximum Gasteiger partial charge on any atom is 0.268 e. The van der Waals surface area contributed by atoms with Gasteiger partial charge in [-0.3, -0.25) is 4.57 Å². The van der Waals surface area contributed by atoms with Crippen LogP contribution in [0.4, 0.5) is 0 Å². The molecule has 0 rings (SSSR count). The zero-order valence-electron chi connectivity index (χ0n) is 20.4. The minimum absolute atomic E-state index is 0.163. The van der Waals surface area contributed by atoms with Gasteiger partial charge in [0.25, 0.3) is 7.82 Å². The fraction of sp³-hybridized carbons (Fsp3) is 1.00. The van der Waals surface area contributed by atoms with Crippen molar-refractivity contribution in [2.45, 2.75) is 96.8 Å². The van der Waals surface area contributed by atoms with Crippen molar-refractivity contribution in [3.05, 3.63) is 0 Å². The largest absolute Gasteiger partial charge is 0.756 e. The van der Waals surface area contributed by atoms with E-state index in [-0.39, 0.29) is 13.2 Å². The van der Waals surface area contributed by atoms with Crippen LogP contribution < -0.4 is 4.89 Å². The predicted molar refractivity (Wildman–Crippen MR) is 130 cm³/mol. The van der Waals surface area contributed by atoms with E-state index in [1.807, 2.05) is 21.1 Å². The first kappa shape index (κ1) is 30.4. The first-order valence-electron chi connectivity index (χ1n) is 12.2. The third-order valence-electron chi connectivity index (χ3n) is 5.13. The molecule has 0 heterocycles. The maximum absolute atomic E-state index is 11.7. The minimum atomic E-state index is -4.14. The fourth-order valence-electron chi connectivity index (χ4n) is 3.17. The first-order valence-corrected chi connectivity index (χ1v) is 14.9. The van der Waals surface area contributed by atoms with Crippen LogP contribution in [0.25, 0.3) is 0 Å². The highest BCUT2D eigenvalue weighted by molar-refractivity contribution is 7.99. The van der Waals surface area contributed by atoms with Crippen LogP contribution in [0.15, 0.2) is 0 Å². The Hall–Kier alpha value is 0.420. The quantitative estimate of drug-likeness (QED) is 0.0987. The van der Waals surface area contributed by atoms with E-state index in [0.29, 0.717) is 16.8 Å². The van der Waals surface area contributed by atoms with Crippen molar-refractivity contribution in [3.63, 3.8) is 0 Å². The van der Waals surface area contributed by atoms with E-state index in [9.17, 15) is 9.46 Å². The van der Waals surface area contributed by atoms with Gasteiger partial charge in [-0.15, -0.1) is 0 Å². The van der Waals surface area contributed by atoms with Gasteiger partial charge in [-0.1, -0.05) is 90.4 Å². The molecule has 0 aromatic rings. The number of phosphoric ester groups is 1. The molecule has 0 aromatic carbocycles. The smallest absolute Gasteiger partial charge is 0.268 e. The minimum Gasteiger partial charge on any atom is -0.756 e. The molecular weight excluding hydrogens is 417 g/mol. The SMILES string of the molecule is CCCCCCCCCCCCCCCCSCCOP(=O)([O-])OCC[N+](C)(C)C. The number of likely N-dealkylation sites (N-methyl/N-ethyl adjacent to an activating group) is 1. The highest BCUT2D eigenvalue weighted by Crippen LogP contribution is 2.38. The molecule has 0 aliphatic rings. The highest BCUT2D eigenvalue weighted by Gasteiger charge is 2.13. The Morgan fingerprint density at radius 1 is 0.700 bits per heavy atom. The van der Waals surface area contributed by atoms with E-state index in [1.54, 1.807) is 11.8 Å². The van der Waals surface area contributed by atoms with Crippen molar-refractivity contribution in [2.24, 2.45) is 0 Å². The van der Waals surface area contributed by atoms with Crippen molar-refractivity contribution >= 4 is 19.6 Å². The third-order valence-corrected chi connectivity index (χ3v) is 7.16. The number of rotatable bonds is 23. The summed E-state index contributed by atoms with van der Waals surface area (Å²) in [5, 5.41) is 0. The van der Waals surface area contributed by atoms with Gasteiger partial charge in [0.15, 0.2) is 0 Å². The van der Waals surface area contributed by atoms with Gasteiger partial charge in [-0.05, 0) is 12.2 Å². The molecule has 0 amide bonds. The van der Waals surface area contributed by atoms with Crippen LogP contribution in [0.3, 0.4) is 0 Å². The molecule has 0 N–H and O–H groups in total. The molecule has 0 fully saturated rings. The Bertz CT molecular complexity index is 418. The molecule has 1 unspecified atom stereocenters. The molecule has 30 heavy (non-hydrogen) atoms. The van der Waals surface area contributed by atoms with Crippen LogP contribution in [0.1, 0.15) is 96.8 Å². The van der Waals surface area contributed by atoms with Gasteiger partial charge >= 0.3 is 0 Å². The molecule has 0 saturated heterocycles. The standard InChI is InChI=1S/C23H50NO4PS/c1-5-6-7-8-9-10-11-12-13-14-15-16-17-18-22-30-23-21-28-29(25,26)27-20-19-24(2,3)4/h5-23H2,1-4H3. The molecule has 0 aliphatic heterocycles. The highest BCUT2D eigenvalue weighted by atomic mass is 32.2. The average Bonchev–Trinajstić information content (AvgIpc) is 2.65. The number of quaternary nitrogens is 1. The second-order valence-corrected chi connectivity index (χ2v) is 12.0. The summed E-state index contributed by atoms with van der Waals surface area (Å²) in [6, 6.07) is 0. The summed E-state index contributed by atoms with van der Waals surface area (Å²) in [4.78, 5) is 11.7. The van der Waals surface area contributed by atoms with Crippen molar-refractivity contribution in [1.82, 2.24) is 0 Å². The zero-order valence-corrected chi connectivity index (χ0v) is 22.1. The van der Waals surface area contributed by atoms with E-state index in [0.717, 1.165) is 5.75 Å². The third kappa shape index (κ3) is 24.7. The summed E-state index contributed by atoms with van der Waals surface area (Å²) in [5.41, 5.74) is 0. The van der Waals surface area contributed by atoms with Gasteiger partial charge < -0.3 is 18.4 Å². The molecular formula is C23H50NO4PS. The van der Waals surface area contributed by atoms with Crippen molar-refractivity contribution in [1.29, 1.82) is 0 Å². The molecule has 0 aliphatic carbocycles.